The highest BCUT2D eigenvalue weighted by atomic mass is 16.5. The van der Waals surface area contributed by atoms with E-state index >= 15 is 0 Å². The number of rotatable bonds is 4. The van der Waals surface area contributed by atoms with Gasteiger partial charge in [-0.05, 0) is 18.2 Å². The maximum atomic E-state index is 8.80. The molecule has 0 spiro atoms. The van der Waals surface area contributed by atoms with Crippen LogP contribution in [0.1, 0.15) is 5.69 Å². The number of oxazole rings is 1. The molecule has 0 amide bonds. The lowest BCUT2D eigenvalue weighted by atomic mass is 10.2. The van der Waals surface area contributed by atoms with E-state index in [1.807, 2.05) is 6.07 Å². The normalized spacial score (nSPS) is 10.5. The Bertz CT molecular complexity index is 508. The summed E-state index contributed by atoms with van der Waals surface area (Å²) in [5.74, 6) is 1.08. The molecule has 3 N–H and O–H groups in total. The van der Waals surface area contributed by atoms with Crippen molar-refractivity contribution in [1.29, 1.82) is 0 Å². The highest BCUT2D eigenvalue weighted by Crippen LogP contribution is 2.28. The van der Waals surface area contributed by atoms with Gasteiger partial charge in [0.25, 0.3) is 0 Å². The Hall–Kier alpha value is -2.01. The van der Waals surface area contributed by atoms with E-state index in [2.05, 4.69) is 4.98 Å². The van der Waals surface area contributed by atoms with Gasteiger partial charge in [0.1, 0.15) is 12.0 Å². The Morgan fingerprint density at radius 2 is 2.29 bits per heavy atom. The number of benzene rings is 1. The summed E-state index contributed by atoms with van der Waals surface area (Å²) in [7, 11) is 1.56. The Kier molecular flexibility index (Phi) is 3.30. The van der Waals surface area contributed by atoms with E-state index in [1.54, 1.807) is 19.2 Å². The summed E-state index contributed by atoms with van der Waals surface area (Å²) in [6.45, 7) is 0.0526. The van der Waals surface area contributed by atoms with Crippen molar-refractivity contribution in [2.24, 2.45) is 0 Å². The fourth-order valence-corrected chi connectivity index (χ4v) is 1.51. The maximum absolute atomic E-state index is 8.80. The lowest BCUT2D eigenvalue weighted by Crippen LogP contribution is -1.93. The highest BCUT2D eigenvalue weighted by Gasteiger charge is 2.09. The minimum atomic E-state index is 0.0526. The monoisotopic (exact) mass is 234 g/mol. The van der Waals surface area contributed by atoms with Crippen molar-refractivity contribution in [3.05, 3.63) is 30.2 Å². The van der Waals surface area contributed by atoms with Crippen molar-refractivity contribution < 1.29 is 14.3 Å². The molecule has 17 heavy (non-hydrogen) atoms. The first kappa shape index (κ1) is 11.5. The van der Waals surface area contributed by atoms with Gasteiger partial charge in [-0.3, -0.25) is 0 Å². The molecule has 0 unspecified atom stereocenters. The molecular formula is C12H14N2O3. The van der Waals surface area contributed by atoms with Crippen LogP contribution in [0.4, 0.5) is 5.69 Å². The molecule has 0 radical (unpaired) electrons. The van der Waals surface area contributed by atoms with Crippen molar-refractivity contribution in [2.75, 3.05) is 19.5 Å². The lowest BCUT2D eigenvalue weighted by Gasteiger charge is -2.04. The van der Waals surface area contributed by atoms with E-state index in [4.69, 9.17) is 20.0 Å². The van der Waals surface area contributed by atoms with Gasteiger partial charge in [0.05, 0.1) is 18.5 Å². The average Bonchev–Trinajstić information content (AvgIpc) is 2.79. The predicted octanol–water partition coefficient (Wildman–Crippen LogP) is 1.47. The first-order chi connectivity index (χ1) is 8.24. The number of methoxy groups -OCH3 is 1. The second kappa shape index (κ2) is 4.88. The van der Waals surface area contributed by atoms with Gasteiger partial charge in [0.15, 0.2) is 0 Å². The van der Waals surface area contributed by atoms with Crippen LogP contribution in [-0.2, 0) is 6.42 Å². The first-order valence-corrected chi connectivity index (χ1v) is 5.23. The molecule has 0 aliphatic rings. The average molecular weight is 234 g/mol. The first-order valence-electron chi connectivity index (χ1n) is 5.23. The second-order valence-electron chi connectivity index (χ2n) is 3.57. The summed E-state index contributed by atoms with van der Waals surface area (Å²) in [6.07, 6.45) is 2.02. The summed E-state index contributed by atoms with van der Waals surface area (Å²) in [5.41, 5.74) is 7.80. The number of nitrogen functional groups attached to an aromatic ring is 1. The van der Waals surface area contributed by atoms with E-state index in [0.29, 0.717) is 23.7 Å². The maximum Gasteiger partial charge on any atom is 0.226 e. The molecule has 90 valence electrons. The zero-order valence-electron chi connectivity index (χ0n) is 9.51. The van der Waals surface area contributed by atoms with Gasteiger partial charge < -0.3 is 20.0 Å². The molecule has 0 saturated carbocycles. The number of hydrogen-bond donors (Lipinski definition) is 2. The number of aliphatic hydroxyl groups is 1. The molecule has 5 nitrogen and oxygen atoms in total. The van der Waals surface area contributed by atoms with E-state index < -0.39 is 0 Å². The van der Waals surface area contributed by atoms with Gasteiger partial charge in [-0.1, -0.05) is 0 Å². The van der Waals surface area contributed by atoms with Gasteiger partial charge in [0, 0.05) is 18.6 Å². The Morgan fingerprint density at radius 3 is 3.00 bits per heavy atom. The van der Waals surface area contributed by atoms with Crippen LogP contribution in [-0.4, -0.2) is 23.8 Å². The largest absolute Gasteiger partial charge is 0.495 e. The third kappa shape index (κ3) is 2.39. The summed E-state index contributed by atoms with van der Waals surface area (Å²) < 4.78 is 10.5. The van der Waals surface area contributed by atoms with Crippen LogP contribution in [0, 0.1) is 0 Å². The smallest absolute Gasteiger partial charge is 0.226 e. The van der Waals surface area contributed by atoms with Crippen molar-refractivity contribution in [1.82, 2.24) is 4.98 Å². The van der Waals surface area contributed by atoms with Gasteiger partial charge in [-0.15, -0.1) is 0 Å². The zero-order valence-corrected chi connectivity index (χ0v) is 9.51. The van der Waals surface area contributed by atoms with Gasteiger partial charge in [-0.2, -0.15) is 0 Å². The molecule has 0 saturated heterocycles. The number of hydrogen-bond acceptors (Lipinski definition) is 5. The summed E-state index contributed by atoms with van der Waals surface area (Å²) in [6, 6.07) is 5.32. The van der Waals surface area contributed by atoms with Crippen LogP contribution in [0.25, 0.3) is 11.5 Å². The summed E-state index contributed by atoms with van der Waals surface area (Å²) in [4.78, 5) is 4.25. The number of nitrogens with zero attached hydrogens (tertiary/aromatic N) is 1. The third-order valence-electron chi connectivity index (χ3n) is 2.40. The Balaban J connectivity index is 2.32. The fourth-order valence-electron chi connectivity index (χ4n) is 1.51. The molecule has 5 heteroatoms. The zero-order chi connectivity index (χ0) is 12.3. The predicted molar refractivity (Wildman–Crippen MR) is 63.7 cm³/mol. The third-order valence-corrected chi connectivity index (χ3v) is 2.40. The molecule has 0 aliphatic carbocycles. The van der Waals surface area contributed by atoms with Gasteiger partial charge >= 0.3 is 0 Å². The second-order valence-corrected chi connectivity index (χ2v) is 3.57. The number of aromatic nitrogens is 1. The topological polar surface area (TPSA) is 81.5 Å². The molecule has 2 aromatic rings. The van der Waals surface area contributed by atoms with E-state index in [-0.39, 0.29) is 6.61 Å². The minimum Gasteiger partial charge on any atom is -0.495 e. The highest BCUT2D eigenvalue weighted by molar-refractivity contribution is 5.64. The van der Waals surface area contributed by atoms with Gasteiger partial charge in [-0.25, -0.2) is 4.98 Å². The Labute approximate surface area is 98.8 Å². The molecule has 1 aromatic carbocycles. The molecule has 1 heterocycles. The number of anilines is 1. The van der Waals surface area contributed by atoms with Crippen molar-refractivity contribution in [2.45, 2.75) is 6.42 Å². The fraction of sp³-hybridized carbons (Fsp3) is 0.250. The molecule has 2 rings (SSSR count). The minimum absolute atomic E-state index is 0.0526. The molecule has 0 fully saturated rings. The summed E-state index contributed by atoms with van der Waals surface area (Å²) in [5, 5.41) is 8.80. The van der Waals surface area contributed by atoms with Crippen LogP contribution < -0.4 is 10.5 Å². The number of aliphatic hydroxyl groups excluding tert-OH is 1. The number of ether oxygens (including phenoxy) is 1. The van der Waals surface area contributed by atoms with Crippen LogP contribution in [0.2, 0.25) is 0 Å². The molecule has 0 aliphatic heterocycles. The van der Waals surface area contributed by atoms with Crippen LogP contribution in [0.3, 0.4) is 0 Å². The molecular weight excluding hydrogens is 220 g/mol. The van der Waals surface area contributed by atoms with Crippen LogP contribution in [0.15, 0.2) is 28.9 Å². The van der Waals surface area contributed by atoms with Crippen LogP contribution >= 0.6 is 0 Å². The van der Waals surface area contributed by atoms with E-state index in [9.17, 15) is 0 Å². The quantitative estimate of drug-likeness (QED) is 0.783. The standard InChI is InChI=1S/C12H14N2O3/c1-16-11-6-8(2-3-10(11)13)12-14-9(4-5-15)7-17-12/h2-3,6-7,15H,4-5,13H2,1H3. The van der Waals surface area contributed by atoms with Gasteiger partial charge in [0.2, 0.25) is 5.89 Å². The van der Waals surface area contributed by atoms with E-state index in [0.717, 1.165) is 11.3 Å². The lowest BCUT2D eigenvalue weighted by molar-refractivity contribution is 0.298. The molecule has 0 bridgehead atoms. The molecule has 0 atom stereocenters. The Morgan fingerprint density at radius 1 is 1.47 bits per heavy atom. The van der Waals surface area contributed by atoms with Crippen LogP contribution in [0.5, 0.6) is 5.75 Å². The van der Waals surface area contributed by atoms with Crippen molar-refractivity contribution in [3.8, 4) is 17.2 Å². The van der Waals surface area contributed by atoms with E-state index in [1.165, 1.54) is 6.26 Å². The SMILES string of the molecule is COc1cc(-c2nc(CCO)co2)ccc1N. The van der Waals surface area contributed by atoms with Crippen molar-refractivity contribution in [3.63, 3.8) is 0 Å². The molecule has 1 aromatic heterocycles. The number of nitrogens with two attached hydrogens (primary N) is 1. The summed E-state index contributed by atoms with van der Waals surface area (Å²) >= 11 is 0. The van der Waals surface area contributed by atoms with Crippen molar-refractivity contribution >= 4 is 5.69 Å².